The Hall–Kier alpha value is -3.39. The number of aliphatic hydroxyl groups is 1. The fraction of sp³-hybridized carbons (Fsp3) is 0.250. The van der Waals surface area contributed by atoms with Crippen molar-refractivity contribution in [2.24, 2.45) is 0 Å². The number of nitrogens with one attached hydrogen (secondary N) is 2. The quantitative estimate of drug-likeness (QED) is 0.624. The van der Waals surface area contributed by atoms with E-state index in [-0.39, 0.29) is 11.5 Å². The molecule has 3 N–H and O–H groups in total. The standard InChI is InChI=1S/C20H22N2O6/c1-12(23)21-15-6-4-5-14(11-15)19(25)22-17(20(26)28-3)18(24)13-7-9-16(27-2)10-8-13/h4-11,17-18,24H,1-3H3,(H,21,23)(H,22,25). The number of methoxy groups -OCH3 is 2. The highest BCUT2D eigenvalue weighted by Gasteiger charge is 2.31. The van der Waals surface area contributed by atoms with Crippen LogP contribution in [0.2, 0.25) is 0 Å². The van der Waals surface area contributed by atoms with Crippen LogP contribution >= 0.6 is 0 Å². The molecule has 2 amide bonds. The van der Waals surface area contributed by atoms with Gasteiger partial charge in [-0.15, -0.1) is 0 Å². The van der Waals surface area contributed by atoms with Crippen LogP contribution in [0.15, 0.2) is 48.5 Å². The average molecular weight is 386 g/mol. The molecule has 0 saturated carbocycles. The van der Waals surface area contributed by atoms with Crippen molar-refractivity contribution in [1.82, 2.24) is 5.32 Å². The molecule has 0 heterocycles. The summed E-state index contributed by atoms with van der Waals surface area (Å²) in [4.78, 5) is 35.9. The van der Waals surface area contributed by atoms with Crippen LogP contribution in [0.5, 0.6) is 5.75 Å². The summed E-state index contributed by atoms with van der Waals surface area (Å²) in [5.74, 6) is -1.09. The van der Waals surface area contributed by atoms with Gasteiger partial charge in [0.15, 0.2) is 6.04 Å². The van der Waals surface area contributed by atoms with Gasteiger partial charge in [-0.1, -0.05) is 18.2 Å². The Morgan fingerprint density at radius 3 is 2.29 bits per heavy atom. The number of benzene rings is 2. The summed E-state index contributed by atoms with van der Waals surface area (Å²) >= 11 is 0. The fourth-order valence-electron chi connectivity index (χ4n) is 2.55. The second-order valence-corrected chi connectivity index (χ2v) is 5.95. The lowest BCUT2D eigenvalue weighted by Crippen LogP contribution is -2.45. The largest absolute Gasteiger partial charge is 0.497 e. The first-order valence-corrected chi connectivity index (χ1v) is 8.44. The SMILES string of the molecule is COC(=O)C(NC(=O)c1cccc(NC(C)=O)c1)C(O)c1ccc(OC)cc1. The van der Waals surface area contributed by atoms with Crippen LogP contribution in [-0.2, 0) is 14.3 Å². The predicted molar refractivity (Wildman–Crippen MR) is 102 cm³/mol. The van der Waals surface area contributed by atoms with Gasteiger partial charge < -0.3 is 25.2 Å². The highest BCUT2D eigenvalue weighted by atomic mass is 16.5. The van der Waals surface area contributed by atoms with E-state index in [4.69, 9.17) is 9.47 Å². The van der Waals surface area contributed by atoms with E-state index in [1.807, 2.05) is 0 Å². The van der Waals surface area contributed by atoms with Crippen molar-refractivity contribution < 1.29 is 29.0 Å². The van der Waals surface area contributed by atoms with Gasteiger partial charge in [0.1, 0.15) is 11.9 Å². The van der Waals surface area contributed by atoms with E-state index in [1.165, 1.54) is 33.3 Å². The molecule has 2 atom stereocenters. The molecule has 2 rings (SSSR count). The Kier molecular flexibility index (Phi) is 7.11. The molecular formula is C20H22N2O6. The topological polar surface area (TPSA) is 114 Å². The molecular weight excluding hydrogens is 364 g/mol. The van der Waals surface area contributed by atoms with Crippen LogP contribution in [0, 0.1) is 0 Å². The molecule has 0 bridgehead atoms. The zero-order valence-electron chi connectivity index (χ0n) is 15.8. The van der Waals surface area contributed by atoms with Crippen LogP contribution in [-0.4, -0.2) is 43.2 Å². The number of ether oxygens (including phenoxy) is 2. The minimum Gasteiger partial charge on any atom is -0.497 e. The van der Waals surface area contributed by atoms with E-state index < -0.39 is 24.0 Å². The Morgan fingerprint density at radius 1 is 1.04 bits per heavy atom. The molecule has 2 unspecified atom stereocenters. The number of hydrogen-bond acceptors (Lipinski definition) is 6. The number of carbonyl (C=O) groups excluding carboxylic acids is 3. The van der Waals surface area contributed by atoms with E-state index in [0.29, 0.717) is 17.0 Å². The van der Waals surface area contributed by atoms with Gasteiger partial charge in [0.2, 0.25) is 5.91 Å². The van der Waals surface area contributed by atoms with Crippen molar-refractivity contribution in [3.05, 3.63) is 59.7 Å². The van der Waals surface area contributed by atoms with Crippen LogP contribution in [0.25, 0.3) is 0 Å². The number of aliphatic hydroxyl groups excluding tert-OH is 1. The molecule has 0 aromatic heterocycles. The van der Waals surface area contributed by atoms with Gasteiger partial charge in [-0.2, -0.15) is 0 Å². The average Bonchev–Trinajstić information content (AvgIpc) is 2.70. The Labute approximate surface area is 162 Å². The summed E-state index contributed by atoms with van der Waals surface area (Å²) in [6.45, 7) is 1.35. The lowest BCUT2D eigenvalue weighted by atomic mass is 10.0. The summed E-state index contributed by atoms with van der Waals surface area (Å²) in [6, 6.07) is 11.3. The molecule has 0 aliphatic carbocycles. The van der Waals surface area contributed by atoms with E-state index >= 15 is 0 Å². The minimum atomic E-state index is -1.33. The van der Waals surface area contributed by atoms with Gasteiger partial charge in [0.05, 0.1) is 14.2 Å². The third kappa shape index (κ3) is 5.31. The first kappa shape index (κ1) is 20.9. The highest BCUT2D eigenvalue weighted by molar-refractivity contribution is 5.98. The van der Waals surface area contributed by atoms with Crippen molar-refractivity contribution in [1.29, 1.82) is 0 Å². The fourth-order valence-corrected chi connectivity index (χ4v) is 2.55. The van der Waals surface area contributed by atoms with Gasteiger partial charge in [0.25, 0.3) is 5.91 Å². The number of rotatable bonds is 7. The van der Waals surface area contributed by atoms with Crippen molar-refractivity contribution in [2.45, 2.75) is 19.1 Å². The minimum absolute atomic E-state index is 0.210. The van der Waals surface area contributed by atoms with Crippen molar-refractivity contribution in [3.8, 4) is 5.75 Å². The molecule has 2 aromatic carbocycles. The molecule has 8 heteroatoms. The lowest BCUT2D eigenvalue weighted by Gasteiger charge is -2.22. The van der Waals surface area contributed by atoms with E-state index in [1.54, 1.807) is 36.4 Å². The predicted octanol–water partition coefficient (Wildman–Crippen LogP) is 1.66. The lowest BCUT2D eigenvalue weighted by molar-refractivity contribution is -0.146. The second-order valence-electron chi connectivity index (χ2n) is 5.95. The summed E-state index contributed by atoms with van der Waals surface area (Å²) in [7, 11) is 2.68. The monoisotopic (exact) mass is 386 g/mol. The number of hydrogen-bond donors (Lipinski definition) is 3. The molecule has 148 valence electrons. The molecule has 0 radical (unpaired) electrons. The molecule has 2 aromatic rings. The first-order valence-electron chi connectivity index (χ1n) is 8.44. The summed E-state index contributed by atoms with van der Waals surface area (Å²) in [5, 5.41) is 15.7. The second kappa shape index (κ2) is 9.52. The van der Waals surface area contributed by atoms with E-state index in [2.05, 4.69) is 10.6 Å². The summed E-state index contributed by atoms with van der Waals surface area (Å²) in [5.41, 5.74) is 1.05. The van der Waals surface area contributed by atoms with Gasteiger partial charge in [0, 0.05) is 18.2 Å². The molecule has 0 aliphatic heterocycles. The molecule has 0 spiro atoms. The molecule has 0 fully saturated rings. The van der Waals surface area contributed by atoms with Crippen LogP contribution in [0.1, 0.15) is 28.9 Å². The van der Waals surface area contributed by atoms with Crippen molar-refractivity contribution in [2.75, 3.05) is 19.5 Å². The Bertz CT molecular complexity index is 850. The smallest absolute Gasteiger partial charge is 0.331 e. The molecule has 8 nitrogen and oxygen atoms in total. The third-order valence-electron chi connectivity index (χ3n) is 3.96. The van der Waals surface area contributed by atoms with Gasteiger partial charge in [-0.05, 0) is 35.9 Å². The van der Waals surface area contributed by atoms with Gasteiger partial charge in [-0.25, -0.2) is 4.79 Å². The molecule has 0 saturated heterocycles. The maximum absolute atomic E-state index is 12.6. The maximum Gasteiger partial charge on any atom is 0.331 e. The van der Waals surface area contributed by atoms with Crippen LogP contribution in [0.4, 0.5) is 5.69 Å². The van der Waals surface area contributed by atoms with E-state index in [0.717, 1.165) is 0 Å². The van der Waals surface area contributed by atoms with E-state index in [9.17, 15) is 19.5 Å². The van der Waals surface area contributed by atoms with Gasteiger partial charge >= 0.3 is 5.97 Å². The number of anilines is 1. The third-order valence-corrected chi connectivity index (χ3v) is 3.96. The summed E-state index contributed by atoms with van der Waals surface area (Å²) in [6.07, 6.45) is -1.33. The van der Waals surface area contributed by atoms with Crippen molar-refractivity contribution in [3.63, 3.8) is 0 Å². The first-order chi connectivity index (χ1) is 13.3. The molecule has 0 aliphatic rings. The number of carbonyl (C=O) groups is 3. The zero-order chi connectivity index (χ0) is 20.7. The number of amides is 2. The van der Waals surface area contributed by atoms with Gasteiger partial charge in [-0.3, -0.25) is 9.59 Å². The van der Waals surface area contributed by atoms with Crippen molar-refractivity contribution >= 4 is 23.5 Å². The zero-order valence-corrected chi connectivity index (χ0v) is 15.8. The van der Waals surface area contributed by atoms with Crippen LogP contribution in [0.3, 0.4) is 0 Å². The Morgan fingerprint density at radius 2 is 1.71 bits per heavy atom. The molecule has 28 heavy (non-hydrogen) atoms. The summed E-state index contributed by atoms with van der Waals surface area (Å²) < 4.78 is 9.78. The highest BCUT2D eigenvalue weighted by Crippen LogP contribution is 2.21. The number of esters is 1. The Balaban J connectivity index is 2.22. The maximum atomic E-state index is 12.6. The van der Waals surface area contributed by atoms with Crippen LogP contribution < -0.4 is 15.4 Å². The normalized spacial score (nSPS) is 12.4.